The van der Waals surface area contributed by atoms with Crippen LogP contribution in [-0.4, -0.2) is 52.2 Å². The van der Waals surface area contributed by atoms with Gasteiger partial charge in [-0.15, -0.1) is 0 Å². The van der Waals surface area contributed by atoms with E-state index in [9.17, 15) is 4.79 Å². The van der Waals surface area contributed by atoms with Gasteiger partial charge in [-0.2, -0.15) is 0 Å². The Hall–Kier alpha value is -2.06. The Morgan fingerprint density at radius 3 is 2.50 bits per heavy atom. The third kappa shape index (κ3) is 6.59. The Kier molecular flexibility index (Phi) is 8.49. The summed E-state index contributed by atoms with van der Waals surface area (Å²) in [5, 5.41) is 0. The Morgan fingerprint density at radius 1 is 1.33 bits per heavy atom. The van der Waals surface area contributed by atoms with Gasteiger partial charge in [0.1, 0.15) is 5.60 Å². The van der Waals surface area contributed by atoms with Gasteiger partial charge in [0.05, 0.1) is 12.3 Å². The van der Waals surface area contributed by atoms with E-state index in [1.165, 1.54) is 0 Å². The maximum Gasteiger partial charge on any atom is 0.410 e. The van der Waals surface area contributed by atoms with Gasteiger partial charge in [0.15, 0.2) is 0 Å². The highest BCUT2D eigenvalue weighted by atomic mass is 16.6. The second-order valence-electron chi connectivity index (χ2n) is 6.62. The molecule has 8 nitrogen and oxygen atoms in total. The van der Waals surface area contributed by atoms with Gasteiger partial charge in [0.25, 0.3) is 0 Å². The molecule has 0 saturated carbocycles. The van der Waals surface area contributed by atoms with E-state index in [2.05, 4.69) is 4.98 Å². The van der Waals surface area contributed by atoms with Gasteiger partial charge in [0.2, 0.25) is 5.88 Å². The largest absolute Gasteiger partial charge is 0.476 e. The summed E-state index contributed by atoms with van der Waals surface area (Å²) in [6.07, 6.45) is 3.22. The van der Waals surface area contributed by atoms with E-state index in [1.807, 2.05) is 20.8 Å². The highest BCUT2D eigenvalue weighted by Gasteiger charge is 2.27. The molecule has 6 N–H and O–H groups in total. The number of anilines is 1. The van der Waals surface area contributed by atoms with Crippen molar-refractivity contribution in [2.45, 2.75) is 39.2 Å². The minimum absolute atomic E-state index is 0. The van der Waals surface area contributed by atoms with Crippen molar-refractivity contribution >= 4 is 11.8 Å². The number of amides is 1. The third-order valence-corrected chi connectivity index (χ3v) is 3.52. The Labute approximate surface area is 142 Å². The highest BCUT2D eigenvalue weighted by molar-refractivity contribution is 5.68. The SMILES string of the molecule is CC(C)(C)OC(=O)N1CCC(COc2ncccc2N)CC1.O.O. The molecule has 2 rings (SSSR count). The quantitative estimate of drug-likeness (QED) is 0.872. The van der Waals surface area contributed by atoms with Crippen molar-refractivity contribution in [2.24, 2.45) is 5.92 Å². The fraction of sp³-hybridized carbons (Fsp3) is 0.625. The first-order valence-corrected chi connectivity index (χ1v) is 7.66. The topological polar surface area (TPSA) is 141 Å². The number of pyridine rings is 1. The number of carbonyl (C=O) groups excluding carboxylic acids is 1. The van der Waals surface area contributed by atoms with Crippen molar-refractivity contribution < 1.29 is 25.2 Å². The number of likely N-dealkylation sites (tertiary alicyclic amines) is 1. The van der Waals surface area contributed by atoms with Gasteiger partial charge in [-0.25, -0.2) is 9.78 Å². The van der Waals surface area contributed by atoms with Crippen molar-refractivity contribution in [2.75, 3.05) is 25.4 Å². The molecule has 0 aliphatic carbocycles. The molecule has 1 aromatic rings. The van der Waals surface area contributed by atoms with Crippen molar-refractivity contribution in [1.29, 1.82) is 0 Å². The van der Waals surface area contributed by atoms with Gasteiger partial charge in [-0.05, 0) is 51.7 Å². The lowest BCUT2D eigenvalue weighted by molar-refractivity contribution is 0.0164. The van der Waals surface area contributed by atoms with Crippen LogP contribution in [0.4, 0.5) is 10.5 Å². The standard InChI is InChI=1S/C16H25N3O3.2H2O/c1-16(2,3)22-15(20)19-9-6-12(7-10-19)11-21-14-13(17)5-4-8-18-14;;/h4-5,8,12H,6-7,9-11,17H2,1-3H3;2*1H2. The third-order valence-electron chi connectivity index (χ3n) is 3.52. The van der Waals surface area contributed by atoms with Crippen molar-refractivity contribution in [1.82, 2.24) is 9.88 Å². The molecule has 24 heavy (non-hydrogen) atoms. The van der Waals surface area contributed by atoms with E-state index < -0.39 is 5.60 Å². The predicted molar refractivity (Wildman–Crippen MR) is 91.9 cm³/mol. The summed E-state index contributed by atoms with van der Waals surface area (Å²) in [6.45, 7) is 7.60. The summed E-state index contributed by atoms with van der Waals surface area (Å²) in [5.41, 5.74) is 5.90. The Balaban J connectivity index is 0.00000264. The van der Waals surface area contributed by atoms with Crippen molar-refractivity contribution in [3.05, 3.63) is 18.3 Å². The van der Waals surface area contributed by atoms with Crippen LogP contribution in [0.15, 0.2) is 18.3 Å². The lowest BCUT2D eigenvalue weighted by Gasteiger charge is -2.33. The summed E-state index contributed by atoms with van der Waals surface area (Å²) >= 11 is 0. The second kappa shape index (κ2) is 9.29. The number of aromatic nitrogens is 1. The van der Waals surface area contributed by atoms with Crippen LogP contribution in [0.25, 0.3) is 0 Å². The summed E-state index contributed by atoms with van der Waals surface area (Å²) in [5.74, 6) is 0.886. The number of rotatable bonds is 3. The van der Waals surface area contributed by atoms with E-state index in [0.29, 0.717) is 37.2 Å². The van der Waals surface area contributed by atoms with Crippen molar-refractivity contribution in [3.8, 4) is 5.88 Å². The summed E-state index contributed by atoms with van der Waals surface area (Å²) < 4.78 is 11.1. The molecular formula is C16H29N3O5. The van der Waals surface area contributed by atoms with Crippen LogP contribution in [0.1, 0.15) is 33.6 Å². The number of nitrogens with zero attached hydrogens (tertiary/aromatic N) is 2. The molecule has 1 aromatic heterocycles. The summed E-state index contributed by atoms with van der Waals surface area (Å²) in [6, 6.07) is 3.55. The number of piperidine rings is 1. The average Bonchev–Trinajstić information content (AvgIpc) is 2.45. The lowest BCUT2D eigenvalue weighted by Crippen LogP contribution is -2.42. The number of hydrogen-bond donors (Lipinski definition) is 1. The molecule has 0 aromatic carbocycles. The highest BCUT2D eigenvalue weighted by Crippen LogP contribution is 2.22. The molecule has 8 heteroatoms. The molecule has 0 bridgehead atoms. The van der Waals surface area contributed by atoms with Crippen LogP contribution in [-0.2, 0) is 4.74 Å². The zero-order valence-electron chi connectivity index (χ0n) is 14.5. The van der Waals surface area contributed by atoms with Crippen LogP contribution in [0, 0.1) is 5.92 Å². The molecule has 0 atom stereocenters. The zero-order chi connectivity index (χ0) is 16.2. The first-order valence-electron chi connectivity index (χ1n) is 7.66. The van der Waals surface area contributed by atoms with Crippen LogP contribution >= 0.6 is 0 Å². The Bertz CT molecular complexity index is 511. The fourth-order valence-electron chi connectivity index (χ4n) is 2.33. The first-order chi connectivity index (χ1) is 10.3. The first kappa shape index (κ1) is 21.9. The molecule has 138 valence electrons. The summed E-state index contributed by atoms with van der Waals surface area (Å²) in [7, 11) is 0. The molecule has 0 spiro atoms. The fourth-order valence-corrected chi connectivity index (χ4v) is 2.33. The zero-order valence-corrected chi connectivity index (χ0v) is 14.5. The Morgan fingerprint density at radius 2 is 1.96 bits per heavy atom. The van der Waals surface area contributed by atoms with Crippen molar-refractivity contribution in [3.63, 3.8) is 0 Å². The van der Waals surface area contributed by atoms with E-state index in [1.54, 1.807) is 23.2 Å². The van der Waals surface area contributed by atoms with Crippen LogP contribution in [0.3, 0.4) is 0 Å². The molecule has 1 aliphatic heterocycles. The van der Waals surface area contributed by atoms with E-state index in [0.717, 1.165) is 12.8 Å². The maximum atomic E-state index is 12.0. The van der Waals surface area contributed by atoms with Gasteiger partial charge in [0, 0.05) is 19.3 Å². The smallest absolute Gasteiger partial charge is 0.410 e. The molecule has 1 amide bonds. The van der Waals surface area contributed by atoms with E-state index >= 15 is 0 Å². The molecular weight excluding hydrogens is 314 g/mol. The average molecular weight is 343 g/mol. The number of hydrogen-bond acceptors (Lipinski definition) is 5. The maximum absolute atomic E-state index is 12.0. The molecule has 1 fully saturated rings. The number of nitrogen functional groups attached to an aromatic ring is 1. The normalized spacial score (nSPS) is 15.0. The summed E-state index contributed by atoms with van der Waals surface area (Å²) in [4.78, 5) is 17.9. The number of nitrogens with two attached hydrogens (primary N) is 1. The van der Waals surface area contributed by atoms with Gasteiger partial charge < -0.3 is 31.1 Å². The molecule has 0 radical (unpaired) electrons. The number of carbonyl (C=O) groups is 1. The van der Waals surface area contributed by atoms with Gasteiger partial charge >= 0.3 is 6.09 Å². The lowest BCUT2D eigenvalue weighted by atomic mass is 9.98. The van der Waals surface area contributed by atoms with E-state index in [4.69, 9.17) is 15.2 Å². The monoisotopic (exact) mass is 343 g/mol. The van der Waals surface area contributed by atoms with Crippen LogP contribution < -0.4 is 10.5 Å². The number of ether oxygens (including phenoxy) is 2. The van der Waals surface area contributed by atoms with Gasteiger partial charge in [-0.3, -0.25) is 0 Å². The minimum atomic E-state index is -0.451. The molecule has 0 unspecified atom stereocenters. The predicted octanol–water partition coefficient (Wildman–Crippen LogP) is 1.04. The molecule has 1 saturated heterocycles. The van der Waals surface area contributed by atoms with Gasteiger partial charge in [-0.1, -0.05) is 0 Å². The van der Waals surface area contributed by atoms with Crippen LogP contribution in [0.2, 0.25) is 0 Å². The van der Waals surface area contributed by atoms with E-state index in [-0.39, 0.29) is 17.0 Å². The molecule has 2 heterocycles. The minimum Gasteiger partial charge on any atom is -0.476 e. The second-order valence-corrected chi connectivity index (χ2v) is 6.62. The van der Waals surface area contributed by atoms with Crippen LogP contribution in [0.5, 0.6) is 5.88 Å². The molecule has 1 aliphatic rings.